The van der Waals surface area contributed by atoms with Gasteiger partial charge in [-0.2, -0.15) is 11.8 Å². The van der Waals surface area contributed by atoms with Crippen LogP contribution in [0.15, 0.2) is 18.2 Å². The lowest BCUT2D eigenvalue weighted by atomic mass is 10.1. The Kier molecular flexibility index (Phi) is 6.89. The maximum atomic E-state index is 8.66. The highest BCUT2D eigenvalue weighted by Crippen LogP contribution is 2.28. The summed E-state index contributed by atoms with van der Waals surface area (Å²) in [7, 11) is 3.29. The Bertz CT molecular complexity index is 328. The average Bonchev–Trinajstić information content (AvgIpc) is 2.38. The molecule has 0 aliphatic heterocycles. The van der Waals surface area contributed by atoms with E-state index in [9.17, 15) is 0 Å². The zero-order valence-corrected chi connectivity index (χ0v) is 11.3. The molecule has 0 spiro atoms. The molecule has 3 nitrogen and oxygen atoms in total. The van der Waals surface area contributed by atoms with E-state index < -0.39 is 0 Å². The van der Waals surface area contributed by atoms with Crippen LogP contribution in [0.2, 0.25) is 0 Å². The van der Waals surface area contributed by atoms with Crippen LogP contribution in [-0.2, 0) is 6.42 Å². The molecule has 0 aromatic heterocycles. The second kappa shape index (κ2) is 8.25. The van der Waals surface area contributed by atoms with Crippen LogP contribution in [-0.4, -0.2) is 37.4 Å². The molecule has 0 fully saturated rings. The first-order valence-electron chi connectivity index (χ1n) is 5.71. The van der Waals surface area contributed by atoms with Gasteiger partial charge in [0, 0.05) is 5.75 Å². The first kappa shape index (κ1) is 14.2. The quantitative estimate of drug-likeness (QED) is 0.725. The van der Waals surface area contributed by atoms with Crippen molar-refractivity contribution < 1.29 is 14.6 Å². The van der Waals surface area contributed by atoms with Crippen molar-refractivity contribution in [3.05, 3.63) is 23.8 Å². The summed E-state index contributed by atoms with van der Waals surface area (Å²) >= 11 is 1.78. The number of benzene rings is 1. The van der Waals surface area contributed by atoms with Crippen LogP contribution < -0.4 is 9.47 Å². The Morgan fingerprint density at radius 1 is 1.12 bits per heavy atom. The monoisotopic (exact) mass is 256 g/mol. The van der Waals surface area contributed by atoms with E-state index >= 15 is 0 Å². The lowest BCUT2D eigenvalue weighted by Gasteiger charge is -2.09. The van der Waals surface area contributed by atoms with E-state index in [-0.39, 0.29) is 6.61 Å². The van der Waals surface area contributed by atoms with Gasteiger partial charge in [-0.15, -0.1) is 0 Å². The summed E-state index contributed by atoms with van der Waals surface area (Å²) in [5, 5.41) is 8.66. The molecule has 96 valence electrons. The van der Waals surface area contributed by atoms with Crippen molar-refractivity contribution in [3.63, 3.8) is 0 Å². The molecule has 0 saturated carbocycles. The molecule has 0 unspecified atom stereocenters. The number of hydrogen-bond donors (Lipinski definition) is 1. The Morgan fingerprint density at radius 2 is 1.88 bits per heavy atom. The van der Waals surface area contributed by atoms with Gasteiger partial charge in [0.25, 0.3) is 0 Å². The minimum atomic E-state index is 0.265. The number of rotatable bonds is 8. The maximum Gasteiger partial charge on any atom is 0.160 e. The topological polar surface area (TPSA) is 38.7 Å². The first-order valence-corrected chi connectivity index (χ1v) is 6.86. The molecule has 0 aliphatic carbocycles. The number of aliphatic hydroxyl groups is 1. The van der Waals surface area contributed by atoms with E-state index in [2.05, 4.69) is 6.07 Å². The van der Waals surface area contributed by atoms with Crippen LogP contribution >= 0.6 is 11.8 Å². The van der Waals surface area contributed by atoms with Gasteiger partial charge in [-0.3, -0.25) is 0 Å². The summed E-state index contributed by atoms with van der Waals surface area (Å²) < 4.78 is 10.5. The van der Waals surface area contributed by atoms with E-state index in [0.29, 0.717) is 0 Å². The molecular weight excluding hydrogens is 236 g/mol. The van der Waals surface area contributed by atoms with E-state index in [0.717, 1.165) is 35.8 Å². The maximum absolute atomic E-state index is 8.66. The van der Waals surface area contributed by atoms with Gasteiger partial charge in [0.05, 0.1) is 20.8 Å². The predicted octanol–water partition coefficient (Wildman–Crippen LogP) is 2.36. The molecule has 0 saturated heterocycles. The van der Waals surface area contributed by atoms with Crippen LogP contribution in [0.4, 0.5) is 0 Å². The number of thioether (sulfide) groups is 1. The third-order valence-corrected chi connectivity index (χ3v) is 3.49. The molecule has 0 radical (unpaired) electrons. The fraction of sp³-hybridized carbons (Fsp3) is 0.538. The van der Waals surface area contributed by atoms with Crippen molar-refractivity contribution in [3.8, 4) is 11.5 Å². The highest BCUT2D eigenvalue weighted by atomic mass is 32.2. The van der Waals surface area contributed by atoms with E-state index in [4.69, 9.17) is 14.6 Å². The second-order valence-corrected chi connectivity index (χ2v) is 4.85. The van der Waals surface area contributed by atoms with Crippen LogP contribution in [0.1, 0.15) is 12.0 Å². The van der Waals surface area contributed by atoms with Gasteiger partial charge in [0.1, 0.15) is 0 Å². The lowest BCUT2D eigenvalue weighted by Crippen LogP contribution is -1.94. The molecule has 1 aromatic rings. The average molecular weight is 256 g/mol. The van der Waals surface area contributed by atoms with Gasteiger partial charge in [-0.25, -0.2) is 0 Å². The summed E-state index contributed by atoms with van der Waals surface area (Å²) in [4.78, 5) is 0. The second-order valence-electron chi connectivity index (χ2n) is 3.63. The Balaban J connectivity index is 2.43. The van der Waals surface area contributed by atoms with Gasteiger partial charge in [0.2, 0.25) is 0 Å². The molecular formula is C13H20O3S. The minimum Gasteiger partial charge on any atom is -0.493 e. The fourth-order valence-electron chi connectivity index (χ4n) is 1.58. The molecule has 0 aliphatic rings. The molecule has 0 heterocycles. The molecule has 0 bridgehead atoms. The largest absolute Gasteiger partial charge is 0.493 e. The van der Waals surface area contributed by atoms with Crippen molar-refractivity contribution in [1.82, 2.24) is 0 Å². The molecule has 1 N–H and O–H groups in total. The van der Waals surface area contributed by atoms with Crippen LogP contribution in [0.25, 0.3) is 0 Å². The van der Waals surface area contributed by atoms with E-state index in [1.807, 2.05) is 12.1 Å². The fourth-order valence-corrected chi connectivity index (χ4v) is 2.26. The summed E-state index contributed by atoms with van der Waals surface area (Å²) in [5.74, 6) is 3.46. The molecule has 0 atom stereocenters. The Hall–Kier alpha value is -0.870. The van der Waals surface area contributed by atoms with Crippen molar-refractivity contribution in [2.24, 2.45) is 0 Å². The zero-order valence-electron chi connectivity index (χ0n) is 10.4. The van der Waals surface area contributed by atoms with Crippen molar-refractivity contribution in [2.45, 2.75) is 12.8 Å². The molecule has 0 amide bonds. The standard InChI is InChI=1S/C13H20O3S/c1-15-12-6-5-11(10-13(12)16-2)4-3-8-17-9-7-14/h5-6,10,14H,3-4,7-9H2,1-2H3. The van der Waals surface area contributed by atoms with Crippen LogP contribution in [0, 0.1) is 0 Å². The third kappa shape index (κ3) is 4.88. The molecule has 1 rings (SSSR count). The molecule has 17 heavy (non-hydrogen) atoms. The van der Waals surface area contributed by atoms with Crippen molar-refractivity contribution >= 4 is 11.8 Å². The lowest BCUT2D eigenvalue weighted by molar-refractivity contribution is 0.322. The predicted molar refractivity (Wildman–Crippen MR) is 72.3 cm³/mol. The Morgan fingerprint density at radius 3 is 2.53 bits per heavy atom. The number of methoxy groups -OCH3 is 2. The SMILES string of the molecule is COc1ccc(CCCSCCO)cc1OC. The summed E-state index contributed by atoms with van der Waals surface area (Å²) in [5.41, 5.74) is 1.26. The van der Waals surface area contributed by atoms with E-state index in [1.54, 1.807) is 26.0 Å². The van der Waals surface area contributed by atoms with Crippen LogP contribution in [0.3, 0.4) is 0 Å². The van der Waals surface area contributed by atoms with Gasteiger partial charge in [-0.1, -0.05) is 6.07 Å². The summed E-state index contributed by atoms with van der Waals surface area (Å²) in [6, 6.07) is 6.03. The minimum absolute atomic E-state index is 0.265. The third-order valence-electron chi connectivity index (χ3n) is 2.44. The van der Waals surface area contributed by atoms with Gasteiger partial charge >= 0.3 is 0 Å². The molecule has 4 heteroatoms. The van der Waals surface area contributed by atoms with Gasteiger partial charge < -0.3 is 14.6 Å². The van der Waals surface area contributed by atoms with Gasteiger partial charge in [0.15, 0.2) is 11.5 Å². The Labute approximate surface area is 107 Å². The smallest absolute Gasteiger partial charge is 0.160 e. The van der Waals surface area contributed by atoms with E-state index in [1.165, 1.54) is 5.56 Å². The highest BCUT2D eigenvalue weighted by molar-refractivity contribution is 7.99. The number of aryl methyl sites for hydroxylation is 1. The number of hydrogen-bond acceptors (Lipinski definition) is 4. The summed E-state index contributed by atoms with van der Waals surface area (Å²) in [6.07, 6.45) is 2.14. The highest BCUT2D eigenvalue weighted by Gasteiger charge is 2.04. The normalized spacial score (nSPS) is 10.3. The number of aliphatic hydroxyl groups excluding tert-OH is 1. The van der Waals surface area contributed by atoms with Crippen LogP contribution in [0.5, 0.6) is 11.5 Å². The zero-order chi connectivity index (χ0) is 12.5. The first-order chi connectivity index (χ1) is 8.31. The van der Waals surface area contributed by atoms with Crippen molar-refractivity contribution in [1.29, 1.82) is 0 Å². The molecule has 1 aromatic carbocycles. The summed E-state index contributed by atoms with van der Waals surface area (Å²) in [6.45, 7) is 0.265. The van der Waals surface area contributed by atoms with Gasteiger partial charge in [-0.05, 0) is 36.3 Å². The number of ether oxygens (including phenoxy) is 2. The van der Waals surface area contributed by atoms with Crippen molar-refractivity contribution in [2.75, 3.05) is 32.3 Å².